The van der Waals surface area contributed by atoms with Crippen LogP contribution in [-0.2, 0) is 9.53 Å². The highest BCUT2D eigenvalue weighted by molar-refractivity contribution is 7.99. The minimum atomic E-state index is -0.580. The van der Waals surface area contributed by atoms with E-state index in [2.05, 4.69) is 47.4 Å². The molecule has 2 atom stereocenters. The molecule has 3 heterocycles. The third-order valence-electron chi connectivity index (χ3n) is 7.57. The van der Waals surface area contributed by atoms with E-state index in [1.54, 1.807) is 16.7 Å². The number of fused-ring (bicyclic) bond motifs is 1. The smallest absolute Gasteiger partial charge is 0.411 e. The lowest BCUT2D eigenvalue weighted by Gasteiger charge is -2.36. The molecule has 3 saturated heterocycles. The van der Waals surface area contributed by atoms with E-state index in [4.69, 9.17) is 4.74 Å². The summed E-state index contributed by atoms with van der Waals surface area (Å²) in [5, 5.41) is 2.66. The number of likely N-dealkylation sites (tertiary alicyclic amines) is 2. The van der Waals surface area contributed by atoms with Gasteiger partial charge in [0.05, 0.1) is 5.88 Å². The van der Waals surface area contributed by atoms with Crippen molar-refractivity contribution in [2.75, 3.05) is 37.8 Å². The standard InChI is InChI=1S/C28H37N3O3S/c1-28(2,3)34-27(33)31-18-22(17-25(31)26(32)30-15-16-35-19-30)29-13-11-21(12-14-29)24-10-6-8-20-7-4-5-9-23(20)24/h4-10,21-22,25H,11-19H2,1-3H3/t22-,25-/m0/s1. The normalized spacial score (nSPS) is 24.3. The van der Waals surface area contributed by atoms with Crippen molar-refractivity contribution < 1.29 is 14.3 Å². The van der Waals surface area contributed by atoms with Gasteiger partial charge in [-0.25, -0.2) is 4.79 Å². The summed E-state index contributed by atoms with van der Waals surface area (Å²) in [6.07, 6.45) is 2.52. The van der Waals surface area contributed by atoms with Gasteiger partial charge in [-0.3, -0.25) is 14.6 Å². The Bertz CT molecular complexity index is 1070. The van der Waals surface area contributed by atoms with Crippen molar-refractivity contribution in [3.05, 3.63) is 48.0 Å². The van der Waals surface area contributed by atoms with Gasteiger partial charge in [0.1, 0.15) is 11.6 Å². The molecule has 0 unspecified atom stereocenters. The summed E-state index contributed by atoms with van der Waals surface area (Å²) in [5.74, 6) is 2.31. The highest BCUT2D eigenvalue weighted by atomic mass is 32.2. The molecule has 5 rings (SSSR count). The third-order valence-corrected chi connectivity index (χ3v) is 8.53. The minimum Gasteiger partial charge on any atom is -0.444 e. The molecular formula is C28H37N3O3S. The van der Waals surface area contributed by atoms with Gasteiger partial charge in [0, 0.05) is 24.9 Å². The highest BCUT2D eigenvalue weighted by Crippen LogP contribution is 2.36. The molecule has 0 N–H and O–H groups in total. The number of thioether (sulfide) groups is 1. The van der Waals surface area contributed by atoms with Crippen LogP contribution in [0, 0.1) is 0 Å². The average Bonchev–Trinajstić information content (AvgIpc) is 3.53. The Kier molecular flexibility index (Phi) is 6.99. The van der Waals surface area contributed by atoms with Gasteiger partial charge in [-0.05, 0) is 75.4 Å². The molecule has 3 fully saturated rings. The second-order valence-corrected chi connectivity index (χ2v) is 12.1. The number of hydrogen-bond acceptors (Lipinski definition) is 5. The lowest BCUT2D eigenvalue weighted by atomic mass is 9.86. The van der Waals surface area contributed by atoms with Gasteiger partial charge < -0.3 is 9.64 Å². The van der Waals surface area contributed by atoms with Crippen molar-refractivity contribution in [3.8, 4) is 0 Å². The number of rotatable bonds is 3. The fourth-order valence-corrected chi connectivity index (χ4v) is 6.77. The molecule has 6 nitrogen and oxygen atoms in total. The second-order valence-electron chi connectivity index (χ2n) is 11.1. The number of carbonyl (C=O) groups excluding carboxylic acids is 2. The molecule has 35 heavy (non-hydrogen) atoms. The van der Waals surface area contributed by atoms with E-state index in [1.807, 2.05) is 25.7 Å². The number of ether oxygens (including phenoxy) is 1. The monoisotopic (exact) mass is 495 g/mol. The maximum Gasteiger partial charge on any atom is 0.411 e. The first kappa shape index (κ1) is 24.4. The molecule has 0 radical (unpaired) electrons. The van der Waals surface area contributed by atoms with E-state index in [-0.39, 0.29) is 18.0 Å². The van der Waals surface area contributed by atoms with Gasteiger partial charge >= 0.3 is 6.09 Å². The zero-order valence-electron chi connectivity index (χ0n) is 21.1. The number of nitrogens with zero attached hydrogens (tertiary/aromatic N) is 3. The first-order valence-corrected chi connectivity index (χ1v) is 14.0. The van der Waals surface area contributed by atoms with Gasteiger partial charge in [-0.15, -0.1) is 11.8 Å². The van der Waals surface area contributed by atoms with Crippen molar-refractivity contribution >= 4 is 34.5 Å². The van der Waals surface area contributed by atoms with Gasteiger partial charge in [0.15, 0.2) is 0 Å². The van der Waals surface area contributed by atoms with Crippen molar-refractivity contribution in [3.63, 3.8) is 0 Å². The molecule has 0 bridgehead atoms. The Morgan fingerprint density at radius 1 is 1.00 bits per heavy atom. The summed E-state index contributed by atoms with van der Waals surface area (Å²) in [7, 11) is 0. The predicted octanol–water partition coefficient (Wildman–Crippen LogP) is 4.93. The van der Waals surface area contributed by atoms with Crippen molar-refractivity contribution in [2.24, 2.45) is 0 Å². The van der Waals surface area contributed by atoms with Gasteiger partial charge in [-0.1, -0.05) is 42.5 Å². The van der Waals surface area contributed by atoms with E-state index < -0.39 is 11.6 Å². The molecule has 7 heteroatoms. The molecule has 188 valence electrons. The highest BCUT2D eigenvalue weighted by Gasteiger charge is 2.45. The lowest BCUT2D eigenvalue weighted by Crippen LogP contribution is -2.48. The molecular weight excluding hydrogens is 458 g/mol. The molecule has 2 amide bonds. The van der Waals surface area contributed by atoms with Crippen LogP contribution < -0.4 is 0 Å². The molecule has 3 aliphatic rings. The van der Waals surface area contributed by atoms with E-state index in [9.17, 15) is 9.59 Å². The molecule has 3 aliphatic heterocycles. The number of piperidine rings is 1. The maximum absolute atomic E-state index is 13.4. The Morgan fingerprint density at radius 3 is 2.46 bits per heavy atom. The number of benzene rings is 2. The quantitative estimate of drug-likeness (QED) is 0.604. The summed E-state index contributed by atoms with van der Waals surface area (Å²) in [6.45, 7) is 8.94. The SMILES string of the molecule is CC(C)(C)OC(=O)N1C[C@@H](N2CCC(c3cccc4ccccc34)CC2)C[C@H]1C(=O)N1CCSC1. The van der Waals surface area contributed by atoms with Crippen LogP contribution in [0.3, 0.4) is 0 Å². The van der Waals surface area contributed by atoms with Crippen LogP contribution in [0.2, 0.25) is 0 Å². The topological polar surface area (TPSA) is 53.1 Å². The summed E-state index contributed by atoms with van der Waals surface area (Å²) >= 11 is 1.78. The largest absolute Gasteiger partial charge is 0.444 e. The summed E-state index contributed by atoms with van der Waals surface area (Å²) < 4.78 is 5.71. The van der Waals surface area contributed by atoms with Crippen LogP contribution in [0.5, 0.6) is 0 Å². The Labute approximate surface area is 213 Å². The number of amides is 2. The van der Waals surface area contributed by atoms with Crippen LogP contribution >= 0.6 is 11.8 Å². The van der Waals surface area contributed by atoms with Crippen LogP contribution in [0.4, 0.5) is 4.79 Å². The minimum absolute atomic E-state index is 0.0778. The summed E-state index contributed by atoms with van der Waals surface area (Å²) in [4.78, 5) is 32.6. The molecule has 2 aromatic carbocycles. The third kappa shape index (κ3) is 5.31. The number of carbonyl (C=O) groups is 2. The molecule has 0 saturated carbocycles. The molecule has 0 aromatic heterocycles. The first-order chi connectivity index (χ1) is 16.8. The van der Waals surface area contributed by atoms with Crippen molar-refractivity contribution in [2.45, 2.75) is 63.6 Å². The van der Waals surface area contributed by atoms with Gasteiger partial charge in [-0.2, -0.15) is 0 Å². The Hall–Kier alpha value is -2.25. The van der Waals surface area contributed by atoms with Crippen LogP contribution in [0.1, 0.15) is 51.5 Å². The summed E-state index contributed by atoms with van der Waals surface area (Å²) in [6, 6.07) is 15.1. The fraction of sp³-hybridized carbons (Fsp3) is 0.571. The fourth-order valence-electron chi connectivity index (χ4n) is 5.82. The number of hydrogen-bond donors (Lipinski definition) is 0. The summed E-state index contributed by atoms with van der Waals surface area (Å²) in [5.41, 5.74) is 0.868. The second kappa shape index (κ2) is 10.0. The van der Waals surface area contributed by atoms with Crippen molar-refractivity contribution in [1.29, 1.82) is 0 Å². The van der Waals surface area contributed by atoms with Gasteiger partial charge in [0.25, 0.3) is 0 Å². The van der Waals surface area contributed by atoms with Crippen LogP contribution in [-0.4, -0.2) is 82.2 Å². The molecule has 0 aliphatic carbocycles. The van der Waals surface area contributed by atoms with Crippen molar-refractivity contribution in [1.82, 2.24) is 14.7 Å². The molecule has 0 spiro atoms. The predicted molar refractivity (Wildman–Crippen MR) is 142 cm³/mol. The Balaban J connectivity index is 1.28. The molecule has 2 aromatic rings. The first-order valence-electron chi connectivity index (χ1n) is 12.9. The van der Waals surface area contributed by atoms with E-state index in [0.29, 0.717) is 18.9 Å². The lowest BCUT2D eigenvalue weighted by molar-refractivity contribution is -0.134. The van der Waals surface area contributed by atoms with Crippen LogP contribution in [0.15, 0.2) is 42.5 Å². The Morgan fingerprint density at radius 2 is 1.74 bits per heavy atom. The van der Waals surface area contributed by atoms with E-state index >= 15 is 0 Å². The van der Waals surface area contributed by atoms with E-state index in [0.717, 1.165) is 44.1 Å². The maximum atomic E-state index is 13.4. The van der Waals surface area contributed by atoms with E-state index in [1.165, 1.54) is 16.3 Å². The zero-order valence-corrected chi connectivity index (χ0v) is 21.9. The van der Waals surface area contributed by atoms with Crippen LogP contribution in [0.25, 0.3) is 10.8 Å². The van der Waals surface area contributed by atoms with Gasteiger partial charge in [0.2, 0.25) is 5.91 Å². The zero-order chi connectivity index (χ0) is 24.6. The average molecular weight is 496 g/mol.